The van der Waals surface area contributed by atoms with Crippen molar-refractivity contribution in [2.24, 2.45) is 0 Å². The second-order valence-corrected chi connectivity index (χ2v) is 4.52. The summed E-state index contributed by atoms with van der Waals surface area (Å²) in [7, 11) is 0. The quantitative estimate of drug-likeness (QED) is 0.796. The molecule has 3 heteroatoms. The fourth-order valence-electron chi connectivity index (χ4n) is 2.26. The van der Waals surface area contributed by atoms with E-state index >= 15 is 0 Å². The zero-order valence-electron chi connectivity index (χ0n) is 10.9. The highest BCUT2D eigenvalue weighted by Crippen LogP contribution is 2.22. The number of aromatic amines is 1. The van der Waals surface area contributed by atoms with Gasteiger partial charge in [-0.2, -0.15) is 0 Å². The summed E-state index contributed by atoms with van der Waals surface area (Å²) in [5, 5.41) is 3.50. The van der Waals surface area contributed by atoms with E-state index in [-0.39, 0.29) is 0 Å². The van der Waals surface area contributed by atoms with Crippen molar-refractivity contribution < 1.29 is 0 Å². The normalized spacial score (nSPS) is 21.4. The average Bonchev–Trinajstić information content (AvgIpc) is 2.90. The molecule has 1 unspecified atom stereocenters. The van der Waals surface area contributed by atoms with Gasteiger partial charge in [0, 0.05) is 0 Å². The summed E-state index contributed by atoms with van der Waals surface area (Å²) < 4.78 is 0. The van der Waals surface area contributed by atoms with E-state index in [0.29, 0.717) is 6.04 Å². The molecule has 1 aliphatic rings. The zero-order chi connectivity index (χ0) is 12.8. The van der Waals surface area contributed by atoms with Crippen molar-refractivity contribution >= 4 is 5.57 Å². The number of allylic oxidation sites excluding steroid dienone is 5. The van der Waals surface area contributed by atoms with E-state index in [1.807, 2.05) is 25.3 Å². The first-order valence-electron chi connectivity index (χ1n) is 6.59. The van der Waals surface area contributed by atoms with Crippen LogP contribution < -0.4 is 5.32 Å². The zero-order valence-corrected chi connectivity index (χ0v) is 10.9. The minimum absolute atomic E-state index is 0.383. The Morgan fingerprint density at radius 1 is 1.50 bits per heavy atom. The van der Waals surface area contributed by atoms with Crippen LogP contribution in [-0.2, 0) is 0 Å². The molecule has 1 aromatic heterocycles. The molecule has 1 aromatic rings. The highest BCUT2D eigenvalue weighted by molar-refractivity contribution is 5.71. The van der Waals surface area contributed by atoms with Crippen molar-refractivity contribution in [2.45, 2.75) is 32.2 Å². The van der Waals surface area contributed by atoms with Gasteiger partial charge in [0.2, 0.25) is 0 Å². The Bertz CT molecular complexity index is 448. The maximum Gasteiger partial charge on any atom is 0.123 e. The van der Waals surface area contributed by atoms with Crippen molar-refractivity contribution in [2.75, 3.05) is 6.54 Å². The Labute approximate surface area is 109 Å². The minimum atomic E-state index is 0.383. The summed E-state index contributed by atoms with van der Waals surface area (Å²) in [6, 6.07) is 0.383. The molecule has 1 aliphatic heterocycles. The first-order chi connectivity index (χ1) is 8.85. The number of H-pyrrole nitrogens is 1. The molecule has 0 saturated carbocycles. The lowest BCUT2D eigenvalue weighted by atomic mass is 10.0. The maximum atomic E-state index is 4.50. The van der Waals surface area contributed by atoms with E-state index in [1.54, 1.807) is 6.08 Å². The first-order valence-corrected chi connectivity index (χ1v) is 6.59. The van der Waals surface area contributed by atoms with Gasteiger partial charge in [0.05, 0.1) is 17.9 Å². The third kappa shape index (κ3) is 2.99. The van der Waals surface area contributed by atoms with Gasteiger partial charge >= 0.3 is 0 Å². The topological polar surface area (TPSA) is 40.7 Å². The molecule has 0 bridgehead atoms. The molecule has 2 heterocycles. The number of hydrogen-bond acceptors (Lipinski definition) is 2. The smallest absolute Gasteiger partial charge is 0.123 e. The predicted octanol–water partition coefficient (Wildman–Crippen LogP) is 3.37. The van der Waals surface area contributed by atoms with Crippen molar-refractivity contribution in [1.82, 2.24) is 15.3 Å². The van der Waals surface area contributed by atoms with E-state index in [1.165, 1.54) is 19.3 Å². The maximum absolute atomic E-state index is 4.50. The molecule has 0 amide bonds. The third-order valence-electron chi connectivity index (χ3n) is 3.27. The SMILES string of the molecule is C=C/C=C\C(=C/C)c1cnc(C2CCCCN2)[nH]1. The van der Waals surface area contributed by atoms with Crippen LogP contribution in [0.2, 0.25) is 0 Å². The van der Waals surface area contributed by atoms with Gasteiger partial charge in [-0.1, -0.05) is 37.3 Å². The van der Waals surface area contributed by atoms with Gasteiger partial charge in [0.1, 0.15) is 5.82 Å². The fraction of sp³-hybridized carbons (Fsp3) is 0.400. The first kappa shape index (κ1) is 12.8. The van der Waals surface area contributed by atoms with Crippen LogP contribution in [0, 0.1) is 0 Å². The van der Waals surface area contributed by atoms with Crippen molar-refractivity contribution in [3.05, 3.63) is 48.6 Å². The lowest BCUT2D eigenvalue weighted by molar-refractivity contribution is 0.399. The van der Waals surface area contributed by atoms with Gasteiger partial charge in [-0.3, -0.25) is 0 Å². The van der Waals surface area contributed by atoms with E-state index < -0.39 is 0 Å². The Kier molecular flexibility index (Phi) is 4.53. The Morgan fingerprint density at radius 3 is 3.06 bits per heavy atom. The molecule has 0 spiro atoms. The van der Waals surface area contributed by atoms with Crippen LogP contribution >= 0.6 is 0 Å². The summed E-state index contributed by atoms with van der Waals surface area (Å²) in [6.07, 6.45) is 13.5. The van der Waals surface area contributed by atoms with E-state index in [9.17, 15) is 0 Å². The number of aromatic nitrogens is 2. The number of nitrogens with one attached hydrogen (secondary N) is 2. The van der Waals surface area contributed by atoms with Gasteiger partial charge in [-0.05, 0) is 31.9 Å². The monoisotopic (exact) mass is 243 g/mol. The average molecular weight is 243 g/mol. The molecule has 0 radical (unpaired) electrons. The highest BCUT2D eigenvalue weighted by atomic mass is 15.0. The second kappa shape index (κ2) is 6.36. The molecule has 18 heavy (non-hydrogen) atoms. The minimum Gasteiger partial charge on any atom is -0.341 e. The summed E-state index contributed by atoms with van der Waals surface area (Å²) >= 11 is 0. The molecule has 2 N–H and O–H groups in total. The van der Waals surface area contributed by atoms with Crippen molar-refractivity contribution in [3.63, 3.8) is 0 Å². The Morgan fingerprint density at radius 2 is 2.39 bits per heavy atom. The van der Waals surface area contributed by atoms with E-state index in [0.717, 1.165) is 23.6 Å². The van der Waals surface area contributed by atoms with Crippen molar-refractivity contribution in [3.8, 4) is 0 Å². The summed E-state index contributed by atoms with van der Waals surface area (Å²) in [5.41, 5.74) is 2.21. The molecule has 1 fully saturated rings. The number of rotatable bonds is 4. The molecule has 1 atom stereocenters. The summed E-state index contributed by atoms with van der Waals surface area (Å²) in [4.78, 5) is 7.91. The highest BCUT2D eigenvalue weighted by Gasteiger charge is 2.17. The predicted molar refractivity (Wildman–Crippen MR) is 76.2 cm³/mol. The van der Waals surface area contributed by atoms with Gasteiger partial charge in [-0.15, -0.1) is 0 Å². The van der Waals surface area contributed by atoms with Gasteiger partial charge in [0.15, 0.2) is 0 Å². The Hall–Kier alpha value is -1.61. The summed E-state index contributed by atoms with van der Waals surface area (Å²) in [5.74, 6) is 1.05. The van der Waals surface area contributed by atoms with E-state index in [4.69, 9.17) is 0 Å². The summed E-state index contributed by atoms with van der Waals surface area (Å²) in [6.45, 7) is 6.81. The van der Waals surface area contributed by atoms with Gasteiger partial charge in [0.25, 0.3) is 0 Å². The van der Waals surface area contributed by atoms with Crippen LogP contribution in [0.25, 0.3) is 5.57 Å². The van der Waals surface area contributed by atoms with Crippen LogP contribution in [0.3, 0.4) is 0 Å². The molecule has 2 rings (SSSR count). The Balaban J connectivity index is 2.13. The molecule has 96 valence electrons. The standard InChI is InChI=1S/C15H21N3/c1-3-5-8-12(4-2)14-11-17-15(18-14)13-9-6-7-10-16-13/h3-5,8,11,13,16H,1,6-7,9-10H2,2H3,(H,17,18)/b8-5-,12-4+. The lowest BCUT2D eigenvalue weighted by Gasteiger charge is -2.21. The molecule has 0 aromatic carbocycles. The van der Waals surface area contributed by atoms with Crippen LogP contribution in [-0.4, -0.2) is 16.5 Å². The van der Waals surface area contributed by atoms with Crippen LogP contribution in [0.1, 0.15) is 43.7 Å². The molecular weight excluding hydrogens is 222 g/mol. The molecule has 0 aliphatic carbocycles. The van der Waals surface area contributed by atoms with Crippen molar-refractivity contribution in [1.29, 1.82) is 0 Å². The molecule has 1 saturated heterocycles. The number of imidazole rings is 1. The largest absolute Gasteiger partial charge is 0.341 e. The molecular formula is C15H21N3. The fourth-order valence-corrected chi connectivity index (χ4v) is 2.26. The number of hydrogen-bond donors (Lipinski definition) is 2. The number of nitrogens with zero attached hydrogens (tertiary/aromatic N) is 1. The van der Waals surface area contributed by atoms with Crippen LogP contribution in [0.5, 0.6) is 0 Å². The van der Waals surface area contributed by atoms with E-state index in [2.05, 4.69) is 27.9 Å². The second-order valence-electron chi connectivity index (χ2n) is 4.52. The van der Waals surface area contributed by atoms with Gasteiger partial charge < -0.3 is 10.3 Å². The van der Waals surface area contributed by atoms with Crippen LogP contribution in [0.4, 0.5) is 0 Å². The van der Waals surface area contributed by atoms with Crippen LogP contribution in [0.15, 0.2) is 37.1 Å². The lowest BCUT2D eigenvalue weighted by Crippen LogP contribution is -2.27. The molecule has 3 nitrogen and oxygen atoms in total. The third-order valence-corrected chi connectivity index (χ3v) is 3.27. The van der Waals surface area contributed by atoms with Gasteiger partial charge in [-0.25, -0.2) is 4.98 Å². The number of piperidine rings is 1.